The van der Waals surface area contributed by atoms with E-state index in [1.54, 1.807) is 29.8 Å². The second-order valence-corrected chi connectivity index (χ2v) is 9.52. The number of amides is 2. The van der Waals surface area contributed by atoms with Crippen molar-refractivity contribution in [1.82, 2.24) is 4.90 Å². The molecule has 0 unspecified atom stereocenters. The number of benzene rings is 1. The number of halogens is 1. The van der Waals surface area contributed by atoms with Crippen molar-refractivity contribution in [3.8, 4) is 5.75 Å². The van der Waals surface area contributed by atoms with Gasteiger partial charge in [0.05, 0.1) is 18.6 Å². The van der Waals surface area contributed by atoms with Gasteiger partial charge in [0.1, 0.15) is 11.4 Å². The molecule has 1 aliphatic heterocycles. The standard InChI is InChI=1S/C20H29ClN2O4S/c1-13-10-16(17(26-5)11-15(13)21)22-18(24)12-28-14-6-8-23(9-7-14)19(25)27-20(2,3)4/h10-11,14H,6-9,12H2,1-5H3,(H,22,24). The third-order valence-electron chi connectivity index (χ3n) is 4.30. The summed E-state index contributed by atoms with van der Waals surface area (Å²) in [7, 11) is 1.55. The SMILES string of the molecule is COc1cc(Cl)c(C)cc1NC(=O)CSC1CCN(C(=O)OC(C)(C)C)CC1. The first kappa shape index (κ1) is 22.7. The molecular weight excluding hydrogens is 400 g/mol. The first-order chi connectivity index (χ1) is 13.1. The van der Waals surface area contributed by atoms with E-state index in [4.69, 9.17) is 21.1 Å². The minimum absolute atomic E-state index is 0.0837. The fourth-order valence-electron chi connectivity index (χ4n) is 2.84. The molecule has 0 atom stereocenters. The van der Waals surface area contributed by atoms with Crippen LogP contribution in [0.25, 0.3) is 0 Å². The van der Waals surface area contributed by atoms with Crippen molar-refractivity contribution in [2.45, 2.75) is 51.4 Å². The highest BCUT2D eigenvalue weighted by Crippen LogP contribution is 2.31. The number of rotatable bonds is 5. The number of aryl methyl sites for hydroxylation is 1. The Morgan fingerprint density at radius 2 is 1.93 bits per heavy atom. The number of carbonyl (C=O) groups is 2. The highest BCUT2D eigenvalue weighted by molar-refractivity contribution is 8.00. The molecule has 0 saturated carbocycles. The smallest absolute Gasteiger partial charge is 0.410 e. The molecule has 28 heavy (non-hydrogen) atoms. The Kier molecular flexibility index (Phi) is 7.89. The van der Waals surface area contributed by atoms with Gasteiger partial charge in [-0.3, -0.25) is 4.79 Å². The molecule has 1 N–H and O–H groups in total. The number of nitrogens with zero attached hydrogens (tertiary/aromatic N) is 1. The second-order valence-electron chi connectivity index (χ2n) is 7.83. The maximum Gasteiger partial charge on any atom is 0.410 e. The number of hydrogen-bond donors (Lipinski definition) is 1. The summed E-state index contributed by atoms with van der Waals surface area (Å²) in [4.78, 5) is 26.2. The number of carbonyl (C=O) groups excluding carboxylic acids is 2. The van der Waals surface area contributed by atoms with Crippen molar-refractivity contribution >= 4 is 41.1 Å². The second kappa shape index (κ2) is 9.74. The van der Waals surface area contributed by atoms with Crippen molar-refractivity contribution in [1.29, 1.82) is 0 Å². The zero-order valence-corrected chi connectivity index (χ0v) is 18.7. The van der Waals surface area contributed by atoms with Crippen LogP contribution in [0.3, 0.4) is 0 Å². The van der Waals surface area contributed by atoms with Gasteiger partial charge in [-0.15, -0.1) is 11.8 Å². The van der Waals surface area contributed by atoms with Gasteiger partial charge >= 0.3 is 6.09 Å². The van der Waals surface area contributed by atoms with Gasteiger partial charge in [-0.2, -0.15) is 0 Å². The number of anilines is 1. The largest absolute Gasteiger partial charge is 0.495 e. The molecule has 1 aliphatic rings. The number of likely N-dealkylation sites (tertiary alicyclic amines) is 1. The molecule has 2 rings (SSSR count). The quantitative estimate of drug-likeness (QED) is 0.734. The number of nitrogens with one attached hydrogen (secondary N) is 1. The summed E-state index contributed by atoms with van der Waals surface area (Å²) in [5.41, 5.74) is 1.01. The van der Waals surface area contributed by atoms with Gasteiger partial charge in [0.15, 0.2) is 0 Å². The Morgan fingerprint density at radius 3 is 2.50 bits per heavy atom. The minimum atomic E-state index is -0.484. The van der Waals surface area contributed by atoms with E-state index in [-0.39, 0.29) is 12.0 Å². The van der Waals surface area contributed by atoms with Crippen LogP contribution in [0.5, 0.6) is 5.75 Å². The number of thioether (sulfide) groups is 1. The van der Waals surface area contributed by atoms with Crippen molar-refractivity contribution < 1.29 is 19.1 Å². The Labute approximate surface area is 176 Å². The van der Waals surface area contributed by atoms with Gasteiger partial charge in [0.25, 0.3) is 0 Å². The lowest BCUT2D eigenvalue weighted by atomic mass is 10.1. The fourth-order valence-corrected chi connectivity index (χ4v) is 4.00. The minimum Gasteiger partial charge on any atom is -0.495 e. The van der Waals surface area contributed by atoms with E-state index in [1.165, 1.54) is 0 Å². The van der Waals surface area contributed by atoms with Gasteiger partial charge in [0, 0.05) is 29.4 Å². The zero-order valence-electron chi connectivity index (χ0n) is 17.1. The zero-order chi connectivity index (χ0) is 20.9. The van der Waals surface area contributed by atoms with Crippen LogP contribution in [0.4, 0.5) is 10.5 Å². The van der Waals surface area contributed by atoms with Crippen molar-refractivity contribution in [3.05, 3.63) is 22.7 Å². The molecule has 1 aromatic rings. The highest BCUT2D eigenvalue weighted by Gasteiger charge is 2.27. The lowest BCUT2D eigenvalue weighted by Gasteiger charge is -2.33. The van der Waals surface area contributed by atoms with Gasteiger partial charge in [-0.05, 0) is 52.2 Å². The third kappa shape index (κ3) is 6.78. The van der Waals surface area contributed by atoms with Crippen molar-refractivity contribution in [2.24, 2.45) is 0 Å². The number of hydrogen-bond acceptors (Lipinski definition) is 5. The number of piperidine rings is 1. The van der Waals surface area contributed by atoms with Crippen LogP contribution in [0.1, 0.15) is 39.2 Å². The number of ether oxygens (including phenoxy) is 2. The van der Waals surface area contributed by atoms with Crippen LogP contribution in [0, 0.1) is 6.92 Å². The van der Waals surface area contributed by atoms with Gasteiger partial charge in [0.2, 0.25) is 5.91 Å². The predicted octanol–water partition coefficient (Wildman–Crippen LogP) is 4.73. The van der Waals surface area contributed by atoms with Crippen LogP contribution in [-0.2, 0) is 9.53 Å². The molecule has 0 aliphatic carbocycles. The summed E-state index contributed by atoms with van der Waals surface area (Å²) in [6.45, 7) is 8.78. The molecular formula is C20H29ClN2O4S. The van der Waals surface area contributed by atoms with E-state index in [1.807, 2.05) is 33.8 Å². The lowest BCUT2D eigenvalue weighted by Crippen LogP contribution is -2.42. The Morgan fingerprint density at radius 1 is 1.29 bits per heavy atom. The van der Waals surface area contributed by atoms with Crippen LogP contribution in [0.15, 0.2) is 12.1 Å². The summed E-state index contributed by atoms with van der Waals surface area (Å²) in [5, 5.41) is 3.84. The summed E-state index contributed by atoms with van der Waals surface area (Å²) in [6, 6.07) is 3.51. The average Bonchev–Trinajstić information content (AvgIpc) is 2.62. The van der Waals surface area contributed by atoms with E-state index >= 15 is 0 Å². The molecule has 1 heterocycles. The Bertz CT molecular complexity index is 713. The monoisotopic (exact) mass is 428 g/mol. The molecule has 0 spiro atoms. The normalized spacial score (nSPS) is 15.3. The summed E-state index contributed by atoms with van der Waals surface area (Å²) in [5.74, 6) is 0.807. The maximum atomic E-state index is 12.3. The molecule has 1 aromatic carbocycles. The molecule has 6 nitrogen and oxygen atoms in total. The van der Waals surface area contributed by atoms with Crippen molar-refractivity contribution in [3.63, 3.8) is 0 Å². The molecule has 0 radical (unpaired) electrons. The Hall–Kier alpha value is -1.60. The van der Waals surface area contributed by atoms with Crippen LogP contribution >= 0.6 is 23.4 Å². The molecule has 1 fully saturated rings. The van der Waals surface area contributed by atoms with Crippen LogP contribution < -0.4 is 10.1 Å². The van der Waals surface area contributed by atoms with Gasteiger partial charge < -0.3 is 19.7 Å². The fraction of sp³-hybridized carbons (Fsp3) is 0.600. The Balaban J connectivity index is 1.79. The molecule has 8 heteroatoms. The average molecular weight is 429 g/mol. The van der Waals surface area contributed by atoms with Gasteiger partial charge in [-0.1, -0.05) is 11.6 Å². The topological polar surface area (TPSA) is 67.9 Å². The molecule has 2 amide bonds. The summed E-state index contributed by atoms with van der Waals surface area (Å²) < 4.78 is 10.7. The van der Waals surface area contributed by atoms with Crippen molar-refractivity contribution in [2.75, 3.05) is 31.3 Å². The summed E-state index contributed by atoms with van der Waals surface area (Å²) >= 11 is 7.71. The predicted molar refractivity (Wildman–Crippen MR) is 115 cm³/mol. The van der Waals surface area contributed by atoms with Gasteiger partial charge in [-0.25, -0.2) is 4.79 Å². The van der Waals surface area contributed by atoms with Crippen LogP contribution in [-0.4, -0.2) is 53.7 Å². The molecule has 0 aromatic heterocycles. The van der Waals surface area contributed by atoms with E-state index in [0.29, 0.717) is 40.6 Å². The van der Waals surface area contributed by atoms with E-state index in [9.17, 15) is 9.59 Å². The highest BCUT2D eigenvalue weighted by atomic mass is 35.5. The third-order valence-corrected chi connectivity index (χ3v) is 6.08. The lowest BCUT2D eigenvalue weighted by molar-refractivity contribution is -0.113. The first-order valence-corrected chi connectivity index (χ1v) is 10.7. The van der Waals surface area contributed by atoms with Crippen LogP contribution in [0.2, 0.25) is 5.02 Å². The van der Waals surface area contributed by atoms with E-state index in [2.05, 4.69) is 5.32 Å². The van der Waals surface area contributed by atoms with E-state index < -0.39 is 5.60 Å². The molecule has 156 valence electrons. The molecule has 0 bridgehead atoms. The maximum absolute atomic E-state index is 12.3. The molecule has 1 saturated heterocycles. The number of methoxy groups -OCH3 is 1. The van der Waals surface area contributed by atoms with E-state index in [0.717, 1.165) is 18.4 Å². The first-order valence-electron chi connectivity index (χ1n) is 9.32. The summed E-state index contributed by atoms with van der Waals surface area (Å²) in [6.07, 6.45) is 1.43.